The summed E-state index contributed by atoms with van der Waals surface area (Å²) < 4.78 is 24.5. The number of nitrogens with one attached hydrogen (secondary N) is 2. The molecule has 0 aromatic heterocycles. The Labute approximate surface area is 150 Å². The van der Waals surface area contributed by atoms with Crippen LogP contribution in [0.1, 0.15) is 24.0 Å². The summed E-state index contributed by atoms with van der Waals surface area (Å²) in [7, 11) is -3.13. The van der Waals surface area contributed by atoms with Gasteiger partial charge in [0.1, 0.15) is 6.54 Å². The van der Waals surface area contributed by atoms with Gasteiger partial charge < -0.3 is 10.2 Å². The zero-order valence-electron chi connectivity index (χ0n) is 14.8. The van der Waals surface area contributed by atoms with Gasteiger partial charge in [0, 0.05) is 31.0 Å². The molecule has 1 aromatic carbocycles. The predicted molar refractivity (Wildman–Crippen MR) is 96.7 cm³/mol. The summed E-state index contributed by atoms with van der Waals surface area (Å²) in [5.41, 5.74) is 2.87. The van der Waals surface area contributed by atoms with Gasteiger partial charge in [-0.2, -0.15) is 0 Å². The van der Waals surface area contributed by atoms with E-state index < -0.39 is 10.0 Å². The predicted octanol–water partition coefficient (Wildman–Crippen LogP) is -0.585. The number of hydrogen-bond acceptors (Lipinski definition) is 3. The van der Waals surface area contributed by atoms with E-state index in [1.54, 1.807) is 0 Å². The zero-order chi connectivity index (χ0) is 17.9. The number of rotatable bonds is 5. The van der Waals surface area contributed by atoms with Crippen molar-refractivity contribution in [3.05, 3.63) is 35.4 Å². The second kappa shape index (κ2) is 7.85. The number of nitrogens with zero attached hydrogens (tertiary/aromatic N) is 1. The number of carbonyl (C=O) groups is 1. The molecule has 138 valence electrons. The van der Waals surface area contributed by atoms with Gasteiger partial charge in [0.25, 0.3) is 0 Å². The molecule has 1 fully saturated rings. The normalized spacial score (nSPS) is 22.4. The largest absolute Gasteiger partial charge is 0.350 e. The van der Waals surface area contributed by atoms with Crippen LogP contribution in [-0.4, -0.2) is 57.6 Å². The average Bonchev–Trinajstić information content (AvgIpc) is 2.61. The molecule has 7 heteroatoms. The quantitative estimate of drug-likeness (QED) is 0.732. The van der Waals surface area contributed by atoms with E-state index in [1.807, 2.05) is 0 Å². The van der Waals surface area contributed by atoms with E-state index in [0.29, 0.717) is 32.5 Å². The summed E-state index contributed by atoms with van der Waals surface area (Å²) in [5.74, 6) is 0.0139. The van der Waals surface area contributed by atoms with Crippen molar-refractivity contribution in [3.63, 3.8) is 0 Å². The van der Waals surface area contributed by atoms with Crippen LogP contribution in [0.25, 0.3) is 0 Å². The molecule has 1 unspecified atom stereocenters. The first-order valence-electron chi connectivity index (χ1n) is 9.06. The van der Waals surface area contributed by atoms with Crippen LogP contribution in [0.15, 0.2) is 24.3 Å². The number of hydrogen-bond donors (Lipinski definition) is 2. The van der Waals surface area contributed by atoms with Crippen molar-refractivity contribution in [3.8, 4) is 0 Å². The summed E-state index contributed by atoms with van der Waals surface area (Å²) >= 11 is 0. The van der Waals surface area contributed by atoms with Gasteiger partial charge in [-0.3, -0.25) is 4.79 Å². The van der Waals surface area contributed by atoms with Crippen molar-refractivity contribution in [2.75, 3.05) is 39.0 Å². The highest BCUT2D eigenvalue weighted by molar-refractivity contribution is 7.88. The molecule has 0 spiro atoms. The van der Waals surface area contributed by atoms with Crippen LogP contribution in [0, 0.1) is 5.92 Å². The maximum Gasteiger partial charge on any atom is 0.223 e. The Hall–Kier alpha value is -1.44. The van der Waals surface area contributed by atoms with E-state index in [1.165, 1.54) is 26.6 Å². The molecule has 2 N–H and O–H groups in total. The van der Waals surface area contributed by atoms with E-state index in [0.717, 1.165) is 26.1 Å². The Balaban J connectivity index is 1.39. The number of quaternary nitrogens is 1. The maximum absolute atomic E-state index is 12.3. The SMILES string of the molecule is CS(=O)(=O)N1CCC(C(=O)NCC[NH+]2CCc3ccccc3C2)CC1. The van der Waals surface area contributed by atoms with Crippen molar-refractivity contribution in [2.24, 2.45) is 5.92 Å². The Morgan fingerprint density at radius 3 is 2.60 bits per heavy atom. The number of amides is 1. The first-order chi connectivity index (χ1) is 11.9. The van der Waals surface area contributed by atoms with Crippen LogP contribution in [0.2, 0.25) is 0 Å². The molecule has 1 saturated heterocycles. The van der Waals surface area contributed by atoms with Crippen LogP contribution >= 0.6 is 0 Å². The molecule has 0 bridgehead atoms. The topological polar surface area (TPSA) is 70.9 Å². The van der Waals surface area contributed by atoms with Crippen LogP contribution in [0.5, 0.6) is 0 Å². The Kier molecular flexibility index (Phi) is 5.76. The maximum atomic E-state index is 12.3. The summed E-state index contributed by atoms with van der Waals surface area (Å²) in [4.78, 5) is 13.8. The molecule has 0 aliphatic carbocycles. The summed E-state index contributed by atoms with van der Waals surface area (Å²) in [6.07, 6.45) is 3.56. The lowest BCUT2D eigenvalue weighted by Crippen LogP contribution is -3.12. The molecule has 1 atom stereocenters. The highest BCUT2D eigenvalue weighted by atomic mass is 32.2. The molecule has 6 nitrogen and oxygen atoms in total. The minimum absolute atomic E-state index is 0.0601. The molecule has 2 aliphatic heterocycles. The molecule has 1 amide bonds. The summed E-state index contributed by atoms with van der Waals surface area (Å²) in [6, 6.07) is 8.59. The van der Waals surface area contributed by atoms with Gasteiger partial charge in [-0.1, -0.05) is 24.3 Å². The van der Waals surface area contributed by atoms with E-state index in [-0.39, 0.29) is 11.8 Å². The van der Waals surface area contributed by atoms with Crippen molar-refractivity contribution in [2.45, 2.75) is 25.8 Å². The minimum Gasteiger partial charge on any atom is -0.350 e. The van der Waals surface area contributed by atoms with Crippen molar-refractivity contribution in [1.82, 2.24) is 9.62 Å². The van der Waals surface area contributed by atoms with Gasteiger partial charge in [-0.25, -0.2) is 12.7 Å². The summed E-state index contributed by atoms with van der Waals surface area (Å²) in [6.45, 7) is 4.65. The molecule has 1 aromatic rings. The van der Waals surface area contributed by atoms with Crippen LogP contribution in [0.4, 0.5) is 0 Å². The van der Waals surface area contributed by atoms with Crippen LogP contribution < -0.4 is 10.2 Å². The van der Waals surface area contributed by atoms with Crippen molar-refractivity contribution in [1.29, 1.82) is 0 Å². The molecule has 0 radical (unpaired) electrons. The van der Waals surface area contributed by atoms with Gasteiger partial charge in [0.2, 0.25) is 15.9 Å². The van der Waals surface area contributed by atoms with Crippen molar-refractivity contribution >= 4 is 15.9 Å². The third-order valence-electron chi connectivity index (χ3n) is 5.38. The number of benzene rings is 1. The highest BCUT2D eigenvalue weighted by Gasteiger charge is 2.29. The number of sulfonamides is 1. The monoisotopic (exact) mass is 366 g/mol. The van der Waals surface area contributed by atoms with E-state index in [9.17, 15) is 13.2 Å². The average molecular weight is 367 g/mol. The van der Waals surface area contributed by atoms with Crippen LogP contribution in [-0.2, 0) is 27.8 Å². The lowest BCUT2D eigenvalue weighted by atomic mass is 9.97. The first-order valence-corrected chi connectivity index (χ1v) is 10.9. The first kappa shape index (κ1) is 18.4. The van der Waals surface area contributed by atoms with Gasteiger partial charge in [-0.15, -0.1) is 0 Å². The van der Waals surface area contributed by atoms with Crippen molar-refractivity contribution < 1.29 is 18.1 Å². The van der Waals surface area contributed by atoms with Crippen LogP contribution in [0.3, 0.4) is 0 Å². The minimum atomic E-state index is -3.13. The summed E-state index contributed by atoms with van der Waals surface area (Å²) in [5, 5.41) is 3.05. The second-order valence-electron chi connectivity index (χ2n) is 7.17. The zero-order valence-corrected chi connectivity index (χ0v) is 15.6. The Morgan fingerprint density at radius 2 is 1.92 bits per heavy atom. The van der Waals surface area contributed by atoms with Gasteiger partial charge >= 0.3 is 0 Å². The third kappa shape index (κ3) is 4.80. The Bertz CT molecular complexity index is 712. The second-order valence-corrected chi connectivity index (χ2v) is 9.16. The molecule has 2 aliphatic rings. The molecular weight excluding hydrogens is 338 g/mol. The van der Waals surface area contributed by atoms with E-state index in [4.69, 9.17) is 0 Å². The number of fused-ring (bicyclic) bond motifs is 1. The van der Waals surface area contributed by atoms with E-state index >= 15 is 0 Å². The third-order valence-corrected chi connectivity index (χ3v) is 6.68. The molecule has 3 rings (SSSR count). The standard InChI is InChI=1S/C18H27N3O3S/c1-25(23,24)21-11-7-16(8-12-21)18(22)19-9-13-20-10-6-15-4-2-3-5-17(15)14-20/h2-5,16H,6-14H2,1H3,(H,19,22)/p+1. The Morgan fingerprint density at radius 1 is 1.24 bits per heavy atom. The van der Waals surface area contributed by atoms with E-state index in [2.05, 4.69) is 29.6 Å². The molecule has 0 saturated carbocycles. The van der Waals surface area contributed by atoms with Gasteiger partial charge in [0.05, 0.1) is 25.9 Å². The van der Waals surface area contributed by atoms with Gasteiger partial charge in [0.15, 0.2) is 0 Å². The highest BCUT2D eigenvalue weighted by Crippen LogP contribution is 2.19. The molecular formula is C18H28N3O3S+. The van der Waals surface area contributed by atoms with Gasteiger partial charge in [-0.05, 0) is 18.4 Å². The fourth-order valence-electron chi connectivity index (χ4n) is 3.81. The fourth-order valence-corrected chi connectivity index (χ4v) is 4.69. The smallest absolute Gasteiger partial charge is 0.223 e. The number of piperidine rings is 1. The fraction of sp³-hybridized carbons (Fsp3) is 0.611. The lowest BCUT2D eigenvalue weighted by Gasteiger charge is -2.30. The molecule has 25 heavy (non-hydrogen) atoms. The number of carbonyl (C=O) groups excluding carboxylic acids is 1. The lowest BCUT2D eigenvalue weighted by molar-refractivity contribution is -0.914. The molecule has 2 heterocycles.